The van der Waals surface area contributed by atoms with Crippen LogP contribution in [-0.4, -0.2) is 36.6 Å². The van der Waals surface area contributed by atoms with Crippen molar-refractivity contribution in [1.82, 2.24) is 10.2 Å². The van der Waals surface area contributed by atoms with Crippen LogP contribution in [0.25, 0.3) is 0 Å². The Kier molecular flexibility index (Phi) is 10.3. The molecule has 1 saturated heterocycles. The first kappa shape index (κ1) is 19.2. The van der Waals surface area contributed by atoms with Gasteiger partial charge in [-0.15, -0.1) is 0 Å². The predicted octanol–water partition coefficient (Wildman–Crippen LogP) is 5.51. The number of rotatable bonds is 5. The maximum absolute atomic E-state index is 3.82. The molecule has 0 aromatic carbocycles. The predicted molar refractivity (Wildman–Crippen MR) is 102 cm³/mol. The maximum Gasteiger partial charge on any atom is 0.00952 e. The zero-order valence-electron chi connectivity index (χ0n) is 15.8. The monoisotopic (exact) mass is 322 g/mol. The summed E-state index contributed by atoms with van der Waals surface area (Å²) in [6.07, 6.45) is 21.5. The third-order valence-electron chi connectivity index (χ3n) is 6.05. The zero-order chi connectivity index (χ0) is 16.2. The van der Waals surface area contributed by atoms with Gasteiger partial charge in [-0.3, -0.25) is 0 Å². The van der Waals surface area contributed by atoms with Crippen LogP contribution in [0.1, 0.15) is 103 Å². The van der Waals surface area contributed by atoms with Gasteiger partial charge in [0.1, 0.15) is 0 Å². The first-order chi connectivity index (χ1) is 11.4. The van der Waals surface area contributed by atoms with Crippen LogP contribution in [-0.2, 0) is 0 Å². The Morgan fingerprint density at radius 1 is 0.739 bits per heavy atom. The smallest absolute Gasteiger partial charge is 0.00952 e. The van der Waals surface area contributed by atoms with E-state index in [1.807, 2.05) is 0 Å². The Hall–Kier alpha value is -0.0800. The van der Waals surface area contributed by atoms with E-state index < -0.39 is 0 Å². The SMILES string of the molecule is CCCCNC1CCCCN(C2CCCCCCCC2)CCC1. The summed E-state index contributed by atoms with van der Waals surface area (Å²) in [5.41, 5.74) is 0. The Labute approximate surface area is 145 Å². The van der Waals surface area contributed by atoms with Crippen molar-refractivity contribution in [3.05, 3.63) is 0 Å². The molecule has 1 atom stereocenters. The van der Waals surface area contributed by atoms with Crippen LogP contribution in [0.15, 0.2) is 0 Å². The molecule has 1 aliphatic carbocycles. The number of nitrogens with one attached hydrogen (secondary N) is 1. The molecule has 2 heteroatoms. The Morgan fingerprint density at radius 3 is 2.09 bits per heavy atom. The Bertz CT molecular complexity index is 269. The molecule has 1 N–H and O–H groups in total. The van der Waals surface area contributed by atoms with Crippen molar-refractivity contribution in [2.45, 2.75) is 115 Å². The Morgan fingerprint density at radius 2 is 1.35 bits per heavy atom. The molecule has 0 bridgehead atoms. The lowest BCUT2D eigenvalue weighted by molar-refractivity contribution is 0.169. The molecule has 0 radical (unpaired) electrons. The van der Waals surface area contributed by atoms with Gasteiger partial charge in [-0.1, -0.05) is 58.3 Å². The molecule has 0 aromatic heterocycles. The van der Waals surface area contributed by atoms with Crippen molar-refractivity contribution in [2.24, 2.45) is 0 Å². The zero-order valence-corrected chi connectivity index (χ0v) is 15.8. The molecule has 1 unspecified atom stereocenters. The highest BCUT2D eigenvalue weighted by Gasteiger charge is 2.20. The molecule has 0 spiro atoms. The molecular formula is C21H42N2. The van der Waals surface area contributed by atoms with E-state index in [1.54, 1.807) is 0 Å². The van der Waals surface area contributed by atoms with Gasteiger partial charge in [0.25, 0.3) is 0 Å². The largest absolute Gasteiger partial charge is 0.314 e. The van der Waals surface area contributed by atoms with Crippen LogP contribution >= 0.6 is 0 Å². The quantitative estimate of drug-likeness (QED) is 0.671. The summed E-state index contributed by atoms with van der Waals surface area (Å²) in [4.78, 5) is 2.89. The van der Waals surface area contributed by atoms with Crippen LogP contribution in [0.5, 0.6) is 0 Å². The van der Waals surface area contributed by atoms with Crippen LogP contribution in [0.3, 0.4) is 0 Å². The lowest BCUT2D eigenvalue weighted by atomic mass is 10.0. The van der Waals surface area contributed by atoms with Crippen LogP contribution in [0.2, 0.25) is 0 Å². The molecule has 2 aliphatic rings. The second-order valence-corrected chi connectivity index (χ2v) is 8.03. The van der Waals surface area contributed by atoms with Gasteiger partial charge >= 0.3 is 0 Å². The molecule has 23 heavy (non-hydrogen) atoms. The molecule has 0 amide bonds. The summed E-state index contributed by atoms with van der Waals surface area (Å²) in [6, 6.07) is 1.69. The number of unbranched alkanes of at least 4 members (excludes halogenated alkanes) is 1. The summed E-state index contributed by atoms with van der Waals surface area (Å²) in [6.45, 7) is 6.25. The van der Waals surface area contributed by atoms with Crippen molar-refractivity contribution < 1.29 is 0 Å². The van der Waals surface area contributed by atoms with Crippen molar-refractivity contribution in [3.8, 4) is 0 Å². The van der Waals surface area contributed by atoms with E-state index in [0.717, 1.165) is 12.1 Å². The van der Waals surface area contributed by atoms with E-state index in [1.165, 1.54) is 116 Å². The molecule has 2 nitrogen and oxygen atoms in total. The highest BCUT2D eigenvalue weighted by molar-refractivity contribution is 4.77. The Balaban J connectivity index is 1.76. The number of hydrogen-bond acceptors (Lipinski definition) is 2. The van der Waals surface area contributed by atoms with Gasteiger partial charge in [0.2, 0.25) is 0 Å². The highest BCUT2D eigenvalue weighted by atomic mass is 15.1. The second kappa shape index (κ2) is 12.3. The summed E-state index contributed by atoms with van der Waals surface area (Å²) in [5.74, 6) is 0. The van der Waals surface area contributed by atoms with E-state index in [9.17, 15) is 0 Å². The molecule has 2 rings (SSSR count). The van der Waals surface area contributed by atoms with Crippen LogP contribution in [0, 0.1) is 0 Å². The summed E-state index contributed by atoms with van der Waals surface area (Å²) in [5, 5.41) is 3.82. The van der Waals surface area contributed by atoms with E-state index in [0.29, 0.717) is 0 Å². The minimum Gasteiger partial charge on any atom is -0.314 e. The fraction of sp³-hybridized carbons (Fsp3) is 1.00. The second-order valence-electron chi connectivity index (χ2n) is 8.03. The highest BCUT2D eigenvalue weighted by Crippen LogP contribution is 2.23. The van der Waals surface area contributed by atoms with E-state index in [2.05, 4.69) is 17.1 Å². The average molecular weight is 323 g/mol. The first-order valence-electron chi connectivity index (χ1n) is 10.9. The van der Waals surface area contributed by atoms with Crippen molar-refractivity contribution >= 4 is 0 Å². The van der Waals surface area contributed by atoms with Gasteiger partial charge < -0.3 is 10.2 Å². The summed E-state index contributed by atoms with van der Waals surface area (Å²) in [7, 11) is 0. The lowest BCUT2D eigenvalue weighted by Gasteiger charge is -2.31. The van der Waals surface area contributed by atoms with Gasteiger partial charge in [-0.2, -0.15) is 0 Å². The molecule has 1 saturated carbocycles. The van der Waals surface area contributed by atoms with Gasteiger partial charge in [0.05, 0.1) is 0 Å². The topological polar surface area (TPSA) is 15.3 Å². The summed E-state index contributed by atoms with van der Waals surface area (Å²) < 4.78 is 0. The average Bonchev–Trinajstić information content (AvgIpc) is 2.77. The molecule has 1 aliphatic heterocycles. The van der Waals surface area contributed by atoms with E-state index in [-0.39, 0.29) is 0 Å². The standard InChI is InChI=1S/C21H42N2/c1-2-3-17-22-20-13-10-11-18-23(19-12-14-20)21-15-8-6-4-5-7-9-16-21/h20-22H,2-19H2,1H3. The minimum absolute atomic E-state index is 0.794. The summed E-state index contributed by atoms with van der Waals surface area (Å²) >= 11 is 0. The molecule has 136 valence electrons. The van der Waals surface area contributed by atoms with E-state index in [4.69, 9.17) is 0 Å². The number of nitrogens with zero attached hydrogens (tertiary/aromatic N) is 1. The van der Waals surface area contributed by atoms with Gasteiger partial charge in [-0.05, 0) is 64.6 Å². The van der Waals surface area contributed by atoms with Gasteiger partial charge in [0, 0.05) is 12.1 Å². The first-order valence-corrected chi connectivity index (χ1v) is 10.9. The minimum atomic E-state index is 0.794. The molecule has 1 heterocycles. The van der Waals surface area contributed by atoms with Crippen LogP contribution < -0.4 is 5.32 Å². The molecule has 2 fully saturated rings. The van der Waals surface area contributed by atoms with Crippen molar-refractivity contribution in [1.29, 1.82) is 0 Å². The van der Waals surface area contributed by atoms with Gasteiger partial charge in [0.15, 0.2) is 0 Å². The maximum atomic E-state index is 3.82. The molecule has 0 aromatic rings. The number of hydrogen-bond donors (Lipinski definition) is 1. The van der Waals surface area contributed by atoms with Crippen LogP contribution in [0.4, 0.5) is 0 Å². The van der Waals surface area contributed by atoms with Crippen molar-refractivity contribution in [2.75, 3.05) is 19.6 Å². The third kappa shape index (κ3) is 8.03. The third-order valence-corrected chi connectivity index (χ3v) is 6.05. The van der Waals surface area contributed by atoms with E-state index >= 15 is 0 Å². The fourth-order valence-electron chi connectivity index (χ4n) is 4.53. The lowest BCUT2D eigenvalue weighted by Crippen LogP contribution is -2.37. The molecular weight excluding hydrogens is 280 g/mol. The van der Waals surface area contributed by atoms with Crippen molar-refractivity contribution in [3.63, 3.8) is 0 Å². The fourth-order valence-corrected chi connectivity index (χ4v) is 4.53. The normalized spacial score (nSPS) is 27.3. The van der Waals surface area contributed by atoms with Gasteiger partial charge in [-0.25, -0.2) is 0 Å².